The molecule has 1 saturated carbocycles. The van der Waals surface area contributed by atoms with Gasteiger partial charge in [-0.05, 0) is 49.8 Å². The molecule has 1 atom stereocenters. The highest BCUT2D eigenvalue weighted by atomic mass is 32.1. The lowest BCUT2D eigenvalue weighted by Gasteiger charge is -2.32. The summed E-state index contributed by atoms with van der Waals surface area (Å²) in [6, 6.07) is 7.61. The average molecular weight is 425 g/mol. The SMILES string of the molecule is CCc1cc(C(=O)N2CCC3(CC2)CC3C(=O)Nc2ccc3sc(C)nc3c2)no1. The number of nitrogens with zero attached hydrogens (tertiary/aromatic N) is 3. The number of aromatic nitrogens is 2. The molecule has 30 heavy (non-hydrogen) atoms. The predicted octanol–water partition coefficient (Wildman–Crippen LogP) is 4.04. The molecule has 0 radical (unpaired) electrons. The Morgan fingerprint density at radius 2 is 2.10 bits per heavy atom. The van der Waals surface area contributed by atoms with Gasteiger partial charge in [-0.2, -0.15) is 0 Å². The number of nitrogens with one attached hydrogen (secondary N) is 1. The van der Waals surface area contributed by atoms with Crippen LogP contribution in [0, 0.1) is 18.3 Å². The van der Waals surface area contributed by atoms with Crippen molar-refractivity contribution in [2.75, 3.05) is 18.4 Å². The summed E-state index contributed by atoms with van der Waals surface area (Å²) in [6.45, 7) is 5.26. The number of anilines is 1. The van der Waals surface area contributed by atoms with Gasteiger partial charge in [0.15, 0.2) is 5.69 Å². The molecule has 7 nitrogen and oxygen atoms in total. The van der Waals surface area contributed by atoms with Crippen LogP contribution in [0.1, 0.15) is 47.4 Å². The van der Waals surface area contributed by atoms with E-state index in [0.717, 1.165) is 52.4 Å². The molecule has 2 aromatic heterocycles. The minimum Gasteiger partial charge on any atom is -0.361 e. The van der Waals surface area contributed by atoms with Crippen LogP contribution in [0.4, 0.5) is 5.69 Å². The van der Waals surface area contributed by atoms with E-state index in [1.54, 1.807) is 17.4 Å². The molecule has 1 spiro atoms. The Labute approximate surface area is 178 Å². The molecular formula is C22H24N4O3S. The first kappa shape index (κ1) is 19.2. The van der Waals surface area contributed by atoms with Crippen molar-refractivity contribution in [3.05, 3.63) is 40.7 Å². The van der Waals surface area contributed by atoms with Gasteiger partial charge in [-0.15, -0.1) is 11.3 Å². The van der Waals surface area contributed by atoms with Crippen molar-refractivity contribution in [3.8, 4) is 0 Å². The summed E-state index contributed by atoms with van der Waals surface area (Å²) in [5, 5.41) is 7.98. The standard InChI is InChI=1S/C22H24N4O3S/c1-3-15-11-18(25-29-15)21(28)26-8-6-22(7-9-26)12-16(22)20(27)24-14-4-5-19-17(10-14)23-13(2)30-19/h4-5,10-11,16H,3,6-9,12H2,1-2H3,(H,24,27). The van der Waals surface area contributed by atoms with Gasteiger partial charge in [0.1, 0.15) is 5.76 Å². The van der Waals surface area contributed by atoms with Gasteiger partial charge in [-0.3, -0.25) is 9.59 Å². The van der Waals surface area contributed by atoms with E-state index in [9.17, 15) is 9.59 Å². The molecule has 1 unspecified atom stereocenters. The summed E-state index contributed by atoms with van der Waals surface area (Å²) in [7, 11) is 0. The number of benzene rings is 1. The molecule has 5 rings (SSSR count). The van der Waals surface area contributed by atoms with E-state index >= 15 is 0 Å². The molecule has 156 valence electrons. The lowest BCUT2D eigenvalue weighted by molar-refractivity contribution is -0.118. The Bertz CT molecular complexity index is 1130. The number of hydrogen-bond donors (Lipinski definition) is 1. The summed E-state index contributed by atoms with van der Waals surface area (Å²) in [6.07, 6.45) is 3.30. The highest BCUT2D eigenvalue weighted by molar-refractivity contribution is 7.18. The monoisotopic (exact) mass is 424 g/mol. The zero-order chi connectivity index (χ0) is 20.9. The molecule has 1 aromatic carbocycles. The molecule has 0 bridgehead atoms. The molecule has 2 fully saturated rings. The van der Waals surface area contributed by atoms with E-state index in [0.29, 0.717) is 18.8 Å². The van der Waals surface area contributed by atoms with Gasteiger partial charge in [0.05, 0.1) is 15.2 Å². The van der Waals surface area contributed by atoms with E-state index in [2.05, 4.69) is 15.5 Å². The summed E-state index contributed by atoms with van der Waals surface area (Å²) in [5.41, 5.74) is 2.12. The highest BCUT2D eigenvalue weighted by Gasteiger charge is 2.58. The third-order valence-electron chi connectivity index (χ3n) is 6.44. The number of piperidine rings is 1. The molecule has 1 N–H and O–H groups in total. The summed E-state index contributed by atoms with van der Waals surface area (Å²) in [4.78, 5) is 31.8. The maximum atomic E-state index is 12.8. The molecule has 1 aliphatic carbocycles. The second-order valence-electron chi connectivity index (χ2n) is 8.35. The van der Waals surface area contributed by atoms with Crippen LogP contribution in [0.3, 0.4) is 0 Å². The molecule has 3 heterocycles. The number of hydrogen-bond acceptors (Lipinski definition) is 6. The van der Waals surface area contributed by atoms with Crippen molar-refractivity contribution in [2.45, 2.75) is 39.5 Å². The van der Waals surface area contributed by atoms with Crippen LogP contribution in [-0.2, 0) is 11.2 Å². The number of carbonyl (C=O) groups excluding carboxylic acids is 2. The second-order valence-corrected chi connectivity index (χ2v) is 9.58. The fourth-order valence-corrected chi connectivity index (χ4v) is 5.33. The zero-order valence-corrected chi connectivity index (χ0v) is 17.9. The minimum atomic E-state index is -0.0817. The van der Waals surface area contributed by atoms with Gasteiger partial charge in [0, 0.05) is 37.2 Å². The fourth-order valence-electron chi connectivity index (χ4n) is 4.52. The lowest BCUT2D eigenvalue weighted by atomic mass is 9.90. The zero-order valence-electron chi connectivity index (χ0n) is 17.1. The Morgan fingerprint density at radius 3 is 2.83 bits per heavy atom. The molecule has 2 amide bonds. The first-order valence-corrected chi connectivity index (χ1v) is 11.2. The molecular weight excluding hydrogens is 400 g/mol. The molecule has 3 aromatic rings. The van der Waals surface area contributed by atoms with E-state index in [1.165, 1.54) is 0 Å². The Morgan fingerprint density at radius 1 is 1.30 bits per heavy atom. The van der Waals surface area contributed by atoms with Crippen LogP contribution in [0.25, 0.3) is 10.2 Å². The number of aryl methyl sites for hydroxylation is 2. The number of thiazole rings is 1. The van der Waals surface area contributed by atoms with Crippen molar-refractivity contribution < 1.29 is 14.1 Å². The lowest BCUT2D eigenvalue weighted by Crippen LogP contribution is -2.40. The van der Waals surface area contributed by atoms with E-state index in [4.69, 9.17) is 4.52 Å². The van der Waals surface area contributed by atoms with Crippen LogP contribution < -0.4 is 5.32 Å². The van der Waals surface area contributed by atoms with Crippen molar-refractivity contribution in [1.82, 2.24) is 15.0 Å². The van der Waals surface area contributed by atoms with Gasteiger partial charge in [-0.1, -0.05) is 12.1 Å². The predicted molar refractivity (Wildman–Crippen MR) is 115 cm³/mol. The fraction of sp³-hybridized carbons (Fsp3) is 0.455. The first-order chi connectivity index (χ1) is 14.5. The number of rotatable bonds is 4. The van der Waals surface area contributed by atoms with E-state index in [1.807, 2.05) is 36.9 Å². The maximum absolute atomic E-state index is 12.8. The van der Waals surface area contributed by atoms with Crippen molar-refractivity contribution in [1.29, 1.82) is 0 Å². The third-order valence-corrected chi connectivity index (χ3v) is 7.39. The van der Waals surface area contributed by atoms with Crippen LogP contribution in [0.2, 0.25) is 0 Å². The summed E-state index contributed by atoms with van der Waals surface area (Å²) < 4.78 is 6.29. The van der Waals surface area contributed by atoms with Crippen LogP contribution in [0.15, 0.2) is 28.8 Å². The average Bonchev–Trinajstić information content (AvgIpc) is 3.08. The van der Waals surface area contributed by atoms with Crippen LogP contribution in [-0.4, -0.2) is 39.9 Å². The number of fused-ring (bicyclic) bond motifs is 1. The topological polar surface area (TPSA) is 88.3 Å². The second kappa shape index (κ2) is 7.19. The van der Waals surface area contributed by atoms with Gasteiger partial charge < -0.3 is 14.7 Å². The number of amides is 2. The van der Waals surface area contributed by atoms with E-state index < -0.39 is 0 Å². The summed E-state index contributed by atoms with van der Waals surface area (Å²) >= 11 is 1.65. The third kappa shape index (κ3) is 3.39. The Kier molecular flexibility index (Phi) is 4.61. The van der Waals surface area contributed by atoms with Crippen LogP contribution in [0.5, 0.6) is 0 Å². The largest absolute Gasteiger partial charge is 0.361 e. The van der Waals surface area contributed by atoms with Crippen LogP contribution >= 0.6 is 11.3 Å². The van der Waals surface area contributed by atoms with Crippen molar-refractivity contribution in [3.63, 3.8) is 0 Å². The maximum Gasteiger partial charge on any atom is 0.276 e. The minimum absolute atomic E-state index is 0.0152. The molecule has 8 heteroatoms. The Balaban J connectivity index is 1.19. The molecule has 1 saturated heterocycles. The van der Waals surface area contributed by atoms with Crippen molar-refractivity contribution >= 4 is 39.1 Å². The van der Waals surface area contributed by atoms with Gasteiger partial charge >= 0.3 is 0 Å². The van der Waals surface area contributed by atoms with Gasteiger partial charge in [-0.25, -0.2) is 4.98 Å². The van der Waals surface area contributed by atoms with E-state index in [-0.39, 0.29) is 23.1 Å². The highest BCUT2D eigenvalue weighted by Crippen LogP contribution is 2.59. The number of likely N-dealkylation sites (tertiary alicyclic amines) is 1. The smallest absolute Gasteiger partial charge is 0.276 e. The van der Waals surface area contributed by atoms with Gasteiger partial charge in [0.25, 0.3) is 5.91 Å². The van der Waals surface area contributed by atoms with Gasteiger partial charge in [0.2, 0.25) is 5.91 Å². The van der Waals surface area contributed by atoms with Crippen molar-refractivity contribution in [2.24, 2.45) is 11.3 Å². The molecule has 1 aliphatic heterocycles. The Hall–Kier alpha value is -2.74. The number of carbonyl (C=O) groups is 2. The molecule has 2 aliphatic rings. The summed E-state index contributed by atoms with van der Waals surface area (Å²) in [5.74, 6) is 0.727. The quantitative estimate of drug-likeness (QED) is 0.683. The first-order valence-electron chi connectivity index (χ1n) is 10.4. The normalized spacial score (nSPS) is 19.9.